The van der Waals surface area contributed by atoms with Crippen LogP contribution in [0.1, 0.15) is 44.9 Å². The molecule has 1 aliphatic heterocycles. The van der Waals surface area contributed by atoms with E-state index >= 15 is 0 Å². The Hall–Kier alpha value is -1.30. The van der Waals surface area contributed by atoms with E-state index in [-0.39, 0.29) is 24.2 Å². The monoisotopic (exact) mass is 296 g/mol. The zero-order valence-corrected chi connectivity index (χ0v) is 12.5. The molecule has 6 heteroatoms. The van der Waals surface area contributed by atoms with Gasteiger partial charge in [-0.25, -0.2) is 9.59 Å². The fourth-order valence-corrected chi connectivity index (χ4v) is 4.10. The van der Waals surface area contributed by atoms with Gasteiger partial charge in [0, 0.05) is 19.2 Å². The number of methoxy groups -OCH3 is 1. The maximum absolute atomic E-state index is 12.5. The van der Waals surface area contributed by atoms with E-state index in [1.807, 2.05) is 0 Å². The van der Waals surface area contributed by atoms with Gasteiger partial charge in [-0.2, -0.15) is 0 Å². The van der Waals surface area contributed by atoms with Crippen molar-refractivity contribution in [3.05, 3.63) is 0 Å². The molecule has 3 fully saturated rings. The molecular formula is C15H24N2O4. The fourth-order valence-electron chi connectivity index (χ4n) is 4.10. The molecule has 2 N–H and O–H groups in total. The molecule has 1 saturated heterocycles. The average Bonchev–Trinajstić information content (AvgIpc) is 2.81. The predicted molar refractivity (Wildman–Crippen MR) is 76.0 cm³/mol. The Morgan fingerprint density at radius 2 is 1.90 bits per heavy atom. The van der Waals surface area contributed by atoms with Gasteiger partial charge in [-0.1, -0.05) is 12.8 Å². The number of amides is 2. The Balaban J connectivity index is 1.65. The van der Waals surface area contributed by atoms with Crippen LogP contribution in [0.15, 0.2) is 0 Å². The van der Waals surface area contributed by atoms with Crippen LogP contribution < -0.4 is 5.32 Å². The van der Waals surface area contributed by atoms with Crippen LogP contribution in [0.4, 0.5) is 4.79 Å². The van der Waals surface area contributed by atoms with Crippen molar-refractivity contribution in [3.8, 4) is 0 Å². The highest BCUT2D eigenvalue weighted by molar-refractivity contribution is 5.84. The van der Waals surface area contributed by atoms with Gasteiger partial charge in [0.05, 0.1) is 6.10 Å². The number of carbonyl (C=O) groups is 2. The van der Waals surface area contributed by atoms with E-state index in [0.717, 1.165) is 38.5 Å². The number of nitrogens with one attached hydrogen (secondary N) is 1. The highest BCUT2D eigenvalue weighted by Gasteiger charge is 2.48. The standard InChI is InChI=1S/C15H24N2O4/c1-21-11-7-10(8-11)16-15(20)17-12-5-3-2-4-9(12)6-13(17)14(18)19/h9-13H,2-8H2,1H3,(H,16,20)(H,18,19). The molecular weight excluding hydrogens is 272 g/mol. The summed E-state index contributed by atoms with van der Waals surface area (Å²) < 4.78 is 5.21. The number of carboxylic acid groups (broad SMARTS) is 1. The first-order chi connectivity index (χ1) is 10.1. The lowest BCUT2D eigenvalue weighted by Crippen LogP contribution is -2.56. The molecule has 3 rings (SSSR count). The summed E-state index contributed by atoms with van der Waals surface area (Å²) in [6.45, 7) is 0. The van der Waals surface area contributed by atoms with E-state index in [0.29, 0.717) is 12.3 Å². The number of hydrogen-bond acceptors (Lipinski definition) is 3. The van der Waals surface area contributed by atoms with Crippen LogP contribution in [-0.2, 0) is 9.53 Å². The number of likely N-dealkylation sites (tertiary alicyclic amines) is 1. The largest absolute Gasteiger partial charge is 0.480 e. The number of hydrogen-bond donors (Lipinski definition) is 2. The number of rotatable bonds is 3. The zero-order chi connectivity index (χ0) is 15.0. The van der Waals surface area contributed by atoms with Crippen LogP contribution in [0.3, 0.4) is 0 Å². The first kappa shape index (κ1) is 14.6. The first-order valence-corrected chi connectivity index (χ1v) is 7.94. The lowest BCUT2D eigenvalue weighted by atomic mass is 9.85. The van der Waals surface area contributed by atoms with Crippen LogP contribution in [0.5, 0.6) is 0 Å². The fraction of sp³-hybridized carbons (Fsp3) is 0.867. The molecule has 2 aliphatic carbocycles. The third-order valence-corrected chi connectivity index (χ3v) is 5.36. The van der Waals surface area contributed by atoms with E-state index in [9.17, 15) is 14.7 Å². The van der Waals surface area contributed by atoms with Crippen LogP contribution in [0, 0.1) is 5.92 Å². The summed E-state index contributed by atoms with van der Waals surface area (Å²) in [5.74, 6) is -0.512. The number of ether oxygens (including phenoxy) is 1. The SMILES string of the molecule is COC1CC(NC(=O)N2C(C(=O)O)CC3CCCCC32)C1. The minimum Gasteiger partial charge on any atom is -0.480 e. The number of carbonyl (C=O) groups excluding carboxylic acids is 1. The Bertz CT molecular complexity index is 422. The Kier molecular flexibility index (Phi) is 4.06. The highest BCUT2D eigenvalue weighted by atomic mass is 16.5. The van der Waals surface area contributed by atoms with E-state index in [1.54, 1.807) is 12.0 Å². The van der Waals surface area contributed by atoms with Gasteiger partial charge < -0.3 is 20.1 Å². The van der Waals surface area contributed by atoms with Crippen molar-refractivity contribution in [1.82, 2.24) is 10.2 Å². The Labute approximate surface area is 124 Å². The van der Waals surface area contributed by atoms with E-state index < -0.39 is 12.0 Å². The maximum atomic E-state index is 12.5. The molecule has 1 heterocycles. The van der Waals surface area contributed by atoms with Gasteiger partial charge in [-0.05, 0) is 38.0 Å². The third-order valence-electron chi connectivity index (χ3n) is 5.36. The van der Waals surface area contributed by atoms with Gasteiger partial charge in [0.1, 0.15) is 6.04 Å². The second-order valence-corrected chi connectivity index (χ2v) is 6.58. The zero-order valence-electron chi connectivity index (χ0n) is 12.5. The molecule has 0 bridgehead atoms. The summed E-state index contributed by atoms with van der Waals surface area (Å²) in [6, 6.07) is -0.620. The smallest absolute Gasteiger partial charge is 0.326 e. The molecule has 3 aliphatic rings. The summed E-state index contributed by atoms with van der Waals surface area (Å²) >= 11 is 0. The second-order valence-electron chi connectivity index (χ2n) is 6.58. The normalized spacial score (nSPS) is 38.5. The molecule has 3 unspecified atom stereocenters. The lowest BCUT2D eigenvalue weighted by Gasteiger charge is -2.38. The number of nitrogens with zero attached hydrogens (tertiary/aromatic N) is 1. The van der Waals surface area contributed by atoms with Crippen LogP contribution in [0.25, 0.3) is 0 Å². The number of urea groups is 1. The number of fused-ring (bicyclic) bond motifs is 1. The third kappa shape index (κ3) is 2.73. The van der Waals surface area contributed by atoms with Crippen molar-refractivity contribution in [1.29, 1.82) is 0 Å². The van der Waals surface area contributed by atoms with Crippen LogP contribution >= 0.6 is 0 Å². The van der Waals surface area contributed by atoms with Gasteiger partial charge in [-0.15, -0.1) is 0 Å². The van der Waals surface area contributed by atoms with Gasteiger partial charge in [0.25, 0.3) is 0 Å². The maximum Gasteiger partial charge on any atom is 0.326 e. The summed E-state index contributed by atoms with van der Waals surface area (Å²) in [7, 11) is 1.68. The van der Waals surface area contributed by atoms with Gasteiger partial charge >= 0.3 is 12.0 Å². The molecule has 21 heavy (non-hydrogen) atoms. The van der Waals surface area contributed by atoms with E-state index in [2.05, 4.69) is 5.32 Å². The molecule has 0 aromatic heterocycles. The van der Waals surface area contributed by atoms with Crippen LogP contribution in [-0.4, -0.2) is 53.3 Å². The van der Waals surface area contributed by atoms with Crippen molar-refractivity contribution >= 4 is 12.0 Å². The lowest BCUT2D eigenvalue weighted by molar-refractivity contribution is -0.141. The molecule has 6 nitrogen and oxygen atoms in total. The van der Waals surface area contributed by atoms with Crippen molar-refractivity contribution in [2.75, 3.05) is 7.11 Å². The molecule has 0 aromatic rings. The minimum absolute atomic E-state index is 0.109. The van der Waals surface area contributed by atoms with E-state index in [4.69, 9.17) is 4.74 Å². The molecule has 2 saturated carbocycles. The number of aliphatic carboxylic acids is 1. The summed E-state index contributed by atoms with van der Waals surface area (Å²) in [5, 5.41) is 12.4. The van der Waals surface area contributed by atoms with Crippen molar-refractivity contribution in [3.63, 3.8) is 0 Å². The Morgan fingerprint density at radius 3 is 2.57 bits per heavy atom. The van der Waals surface area contributed by atoms with Crippen molar-refractivity contribution < 1.29 is 19.4 Å². The Morgan fingerprint density at radius 1 is 1.19 bits per heavy atom. The van der Waals surface area contributed by atoms with Crippen molar-refractivity contribution in [2.24, 2.45) is 5.92 Å². The van der Waals surface area contributed by atoms with Gasteiger partial charge in [-0.3, -0.25) is 0 Å². The second kappa shape index (κ2) is 5.83. The minimum atomic E-state index is -0.872. The highest BCUT2D eigenvalue weighted by Crippen LogP contribution is 2.40. The van der Waals surface area contributed by atoms with Gasteiger partial charge in [0.2, 0.25) is 0 Å². The summed E-state index contributed by atoms with van der Waals surface area (Å²) in [5.41, 5.74) is 0. The molecule has 0 spiro atoms. The summed E-state index contributed by atoms with van der Waals surface area (Å²) in [6.07, 6.45) is 6.71. The molecule has 0 radical (unpaired) electrons. The molecule has 118 valence electrons. The van der Waals surface area contributed by atoms with Gasteiger partial charge in [0.15, 0.2) is 0 Å². The van der Waals surface area contributed by atoms with Crippen LogP contribution in [0.2, 0.25) is 0 Å². The van der Waals surface area contributed by atoms with Crippen molar-refractivity contribution in [2.45, 2.75) is 69.2 Å². The quantitative estimate of drug-likeness (QED) is 0.829. The topological polar surface area (TPSA) is 78.9 Å². The first-order valence-electron chi connectivity index (χ1n) is 7.94. The van der Waals surface area contributed by atoms with E-state index in [1.165, 1.54) is 0 Å². The molecule has 0 aromatic carbocycles. The average molecular weight is 296 g/mol. The predicted octanol–water partition coefficient (Wildman–Crippen LogP) is 1.59. The molecule has 3 atom stereocenters. The molecule has 2 amide bonds. The number of carboxylic acids is 1. The summed E-state index contributed by atoms with van der Waals surface area (Å²) in [4.78, 5) is 25.6.